The minimum Gasteiger partial charge on any atom is -0.394 e. The van der Waals surface area contributed by atoms with E-state index in [9.17, 15) is 10.2 Å². The highest BCUT2D eigenvalue weighted by atomic mass is 16.4. The summed E-state index contributed by atoms with van der Waals surface area (Å²) in [4.78, 5) is 0. The van der Waals surface area contributed by atoms with Gasteiger partial charge in [-0.05, 0) is 6.42 Å². The largest absolute Gasteiger partial charge is 0.394 e. The first-order chi connectivity index (χ1) is 17.7. The van der Waals surface area contributed by atoms with Gasteiger partial charge in [0, 0.05) is 0 Å². The smallest absolute Gasteiger partial charge is 0.103 e. The molecule has 0 bridgehead atoms. The molecule has 0 saturated carbocycles. The van der Waals surface area contributed by atoms with Crippen LogP contribution >= 0.6 is 0 Å². The van der Waals surface area contributed by atoms with E-state index >= 15 is 0 Å². The predicted molar refractivity (Wildman–Crippen MR) is 159 cm³/mol. The van der Waals surface area contributed by atoms with E-state index in [-0.39, 0.29) is 6.61 Å². The Balaban J connectivity index is 3.07. The Morgan fingerprint density at radius 1 is 0.333 bits per heavy atom. The van der Waals surface area contributed by atoms with Crippen LogP contribution in [0.3, 0.4) is 0 Å². The van der Waals surface area contributed by atoms with E-state index in [1.54, 1.807) is 0 Å². The standard InChI is InChI=1S/C33H68O3/c1-2-3-4-5-6-7-8-9-10-11-12-13-14-15-16-17-18-19-20-21-22-23-24-25-26-27-28-29-30-32(35)33(36)31-34/h32-36H,2-31H2,1H3. The molecule has 0 amide bonds. The van der Waals surface area contributed by atoms with Gasteiger partial charge in [0.15, 0.2) is 0 Å². The molecular weight excluding hydrogens is 444 g/mol. The van der Waals surface area contributed by atoms with Crippen molar-refractivity contribution in [2.24, 2.45) is 0 Å². The maximum Gasteiger partial charge on any atom is 0.103 e. The van der Waals surface area contributed by atoms with Gasteiger partial charge in [-0.25, -0.2) is 0 Å². The van der Waals surface area contributed by atoms with Crippen molar-refractivity contribution in [2.75, 3.05) is 6.61 Å². The third-order valence-corrected chi connectivity index (χ3v) is 7.98. The molecule has 0 aliphatic heterocycles. The van der Waals surface area contributed by atoms with Gasteiger partial charge in [-0.2, -0.15) is 0 Å². The predicted octanol–water partition coefficient (Wildman–Crippen LogP) is 10.0. The molecule has 36 heavy (non-hydrogen) atoms. The molecule has 3 heteroatoms. The number of hydrogen-bond acceptors (Lipinski definition) is 3. The highest BCUT2D eigenvalue weighted by molar-refractivity contribution is 4.65. The summed E-state index contributed by atoms with van der Waals surface area (Å²) in [5.41, 5.74) is 0. The van der Waals surface area contributed by atoms with Gasteiger partial charge in [0.05, 0.1) is 12.7 Å². The zero-order chi connectivity index (χ0) is 26.4. The van der Waals surface area contributed by atoms with Gasteiger partial charge < -0.3 is 15.3 Å². The maximum atomic E-state index is 9.60. The first-order valence-electron chi connectivity index (χ1n) is 16.7. The van der Waals surface area contributed by atoms with Crippen LogP contribution in [-0.2, 0) is 0 Å². The van der Waals surface area contributed by atoms with E-state index in [1.165, 1.54) is 167 Å². The second kappa shape index (κ2) is 31.1. The summed E-state index contributed by atoms with van der Waals surface area (Å²) < 4.78 is 0. The summed E-state index contributed by atoms with van der Waals surface area (Å²) in [6, 6.07) is 0. The number of unbranched alkanes of at least 4 members (excludes halogenated alkanes) is 27. The van der Waals surface area contributed by atoms with Crippen molar-refractivity contribution in [2.45, 2.75) is 205 Å². The molecule has 0 heterocycles. The first-order valence-corrected chi connectivity index (χ1v) is 16.7. The van der Waals surface area contributed by atoms with Crippen molar-refractivity contribution in [1.82, 2.24) is 0 Å². The summed E-state index contributed by atoms with van der Waals surface area (Å²) in [6.07, 6.45) is 38.0. The third kappa shape index (κ3) is 28.5. The molecule has 0 radical (unpaired) electrons. The van der Waals surface area contributed by atoms with E-state index in [0.29, 0.717) is 6.42 Å². The van der Waals surface area contributed by atoms with Crippen LogP contribution in [0.4, 0.5) is 0 Å². The normalized spacial score (nSPS) is 13.3. The molecule has 0 aromatic heterocycles. The summed E-state index contributed by atoms with van der Waals surface area (Å²) >= 11 is 0. The Bertz CT molecular complexity index is 387. The molecular formula is C33H68O3. The Morgan fingerprint density at radius 2 is 0.556 bits per heavy atom. The van der Waals surface area contributed by atoms with E-state index < -0.39 is 12.2 Å². The first kappa shape index (κ1) is 35.9. The quantitative estimate of drug-likeness (QED) is 0.0810. The minimum atomic E-state index is -0.973. The van der Waals surface area contributed by atoms with Crippen molar-refractivity contribution in [3.05, 3.63) is 0 Å². The molecule has 0 saturated heterocycles. The fraction of sp³-hybridized carbons (Fsp3) is 1.00. The third-order valence-electron chi connectivity index (χ3n) is 7.98. The zero-order valence-corrected chi connectivity index (χ0v) is 24.7. The van der Waals surface area contributed by atoms with Crippen LogP contribution in [-0.4, -0.2) is 34.1 Å². The molecule has 3 N–H and O–H groups in total. The Morgan fingerprint density at radius 3 is 0.778 bits per heavy atom. The van der Waals surface area contributed by atoms with Crippen LogP contribution in [0.2, 0.25) is 0 Å². The molecule has 0 rings (SSSR count). The number of aliphatic hydroxyl groups excluding tert-OH is 3. The Labute approximate surface area is 227 Å². The van der Waals surface area contributed by atoms with E-state index in [1.807, 2.05) is 0 Å². The summed E-state index contributed by atoms with van der Waals surface area (Å²) in [5.74, 6) is 0. The lowest BCUT2D eigenvalue weighted by Gasteiger charge is -2.14. The van der Waals surface area contributed by atoms with E-state index in [0.717, 1.165) is 12.8 Å². The van der Waals surface area contributed by atoms with Crippen molar-refractivity contribution < 1.29 is 15.3 Å². The fourth-order valence-electron chi connectivity index (χ4n) is 5.34. The lowest BCUT2D eigenvalue weighted by Crippen LogP contribution is -2.28. The number of rotatable bonds is 31. The fourth-order valence-corrected chi connectivity index (χ4v) is 5.34. The number of hydrogen-bond donors (Lipinski definition) is 3. The lowest BCUT2D eigenvalue weighted by atomic mass is 10.0. The van der Waals surface area contributed by atoms with E-state index in [4.69, 9.17) is 5.11 Å². The second-order valence-corrected chi connectivity index (χ2v) is 11.7. The minimum absolute atomic E-state index is 0.347. The Kier molecular flexibility index (Phi) is 31.0. The second-order valence-electron chi connectivity index (χ2n) is 11.7. The molecule has 0 aromatic carbocycles. The lowest BCUT2D eigenvalue weighted by molar-refractivity contribution is -0.0185. The summed E-state index contributed by atoms with van der Waals surface area (Å²) in [7, 11) is 0. The SMILES string of the molecule is CCCCCCCCCCCCCCCCCCCCCCCCCCCCCCC(O)C(O)CO. The summed E-state index contributed by atoms with van der Waals surface area (Å²) in [5, 5.41) is 27.7. The van der Waals surface area contributed by atoms with Gasteiger partial charge in [0.1, 0.15) is 6.10 Å². The highest BCUT2D eigenvalue weighted by Gasteiger charge is 2.13. The van der Waals surface area contributed by atoms with Crippen molar-refractivity contribution >= 4 is 0 Å². The summed E-state index contributed by atoms with van der Waals surface area (Å²) in [6.45, 7) is 1.95. The van der Waals surface area contributed by atoms with Crippen LogP contribution in [0.25, 0.3) is 0 Å². The molecule has 2 atom stereocenters. The van der Waals surface area contributed by atoms with Gasteiger partial charge in [-0.1, -0.05) is 187 Å². The maximum absolute atomic E-state index is 9.60. The highest BCUT2D eigenvalue weighted by Crippen LogP contribution is 2.16. The Hall–Kier alpha value is -0.120. The topological polar surface area (TPSA) is 60.7 Å². The van der Waals surface area contributed by atoms with Gasteiger partial charge in [-0.15, -0.1) is 0 Å². The average Bonchev–Trinajstić information content (AvgIpc) is 2.89. The number of aliphatic hydroxyl groups is 3. The van der Waals surface area contributed by atoms with E-state index in [2.05, 4.69) is 6.92 Å². The molecule has 0 aliphatic rings. The van der Waals surface area contributed by atoms with Crippen molar-refractivity contribution in [3.8, 4) is 0 Å². The van der Waals surface area contributed by atoms with Crippen molar-refractivity contribution in [1.29, 1.82) is 0 Å². The van der Waals surface area contributed by atoms with Gasteiger partial charge in [0.25, 0.3) is 0 Å². The molecule has 0 aromatic rings. The zero-order valence-electron chi connectivity index (χ0n) is 24.7. The molecule has 0 fully saturated rings. The van der Waals surface area contributed by atoms with Crippen LogP contribution < -0.4 is 0 Å². The average molecular weight is 513 g/mol. The van der Waals surface area contributed by atoms with Crippen LogP contribution in [0.5, 0.6) is 0 Å². The molecule has 2 unspecified atom stereocenters. The van der Waals surface area contributed by atoms with Gasteiger partial charge in [-0.3, -0.25) is 0 Å². The van der Waals surface area contributed by atoms with Crippen LogP contribution in [0.15, 0.2) is 0 Å². The molecule has 3 nitrogen and oxygen atoms in total. The molecule has 0 spiro atoms. The van der Waals surface area contributed by atoms with Crippen LogP contribution in [0.1, 0.15) is 193 Å². The monoisotopic (exact) mass is 513 g/mol. The molecule has 0 aliphatic carbocycles. The van der Waals surface area contributed by atoms with Crippen LogP contribution in [0, 0.1) is 0 Å². The van der Waals surface area contributed by atoms with Gasteiger partial charge in [0.2, 0.25) is 0 Å². The molecule has 218 valence electrons. The van der Waals surface area contributed by atoms with Gasteiger partial charge >= 0.3 is 0 Å². The van der Waals surface area contributed by atoms with Crippen molar-refractivity contribution in [3.63, 3.8) is 0 Å².